The summed E-state index contributed by atoms with van der Waals surface area (Å²) in [5, 5.41) is 9.44. The lowest BCUT2D eigenvalue weighted by molar-refractivity contribution is -0.136. The van der Waals surface area contributed by atoms with E-state index < -0.39 is 6.04 Å². The van der Waals surface area contributed by atoms with Crippen LogP contribution in [0, 0.1) is 0 Å². The number of benzene rings is 1. The second kappa shape index (κ2) is 7.40. The topological polar surface area (TPSA) is 90.5 Å². The number of hydrogen-bond donors (Lipinski definition) is 3. The molecule has 3 amide bonds. The molecule has 144 valence electrons. The van der Waals surface area contributed by atoms with Crippen LogP contribution in [-0.2, 0) is 22.7 Å². The van der Waals surface area contributed by atoms with E-state index in [1.807, 2.05) is 18.2 Å². The fourth-order valence-corrected chi connectivity index (χ4v) is 4.37. The number of nitrogens with zero attached hydrogens (tertiary/aromatic N) is 1. The van der Waals surface area contributed by atoms with Gasteiger partial charge in [-0.05, 0) is 49.9 Å². The molecule has 7 nitrogen and oxygen atoms in total. The summed E-state index contributed by atoms with van der Waals surface area (Å²) >= 11 is 0. The van der Waals surface area contributed by atoms with Gasteiger partial charge in [0.15, 0.2) is 0 Å². The highest BCUT2D eigenvalue weighted by Crippen LogP contribution is 2.29. The summed E-state index contributed by atoms with van der Waals surface area (Å²) in [6, 6.07) is 6.05. The molecule has 3 aliphatic rings. The van der Waals surface area contributed by atoms with E-state index in [0.717, 1.165) is 17.7 Å². The lowest BCUT2D eigenvalue weighted by Gasteiger charge is -2.29. The predicted octanol–water partition coefficient (Wildman–Crippen LogP) is 0.678. The predicted molar refractivity (Wildman–Crippen MR) is 99.8 cm³/mol. The molecule has 1 aromatic rings. The molecule has 27 heavy (non-hydrogen) atoms. The average Bonchev–Trinajstić information content (AvgIpc) is 3.29. The largest absolute Gasteiger partial charge is 0.322 e. The molecule has 3 aliphatic heterocycles. The summed E-state index contributed by atoms with van der Waals surface area (Å²) in [6.45, 7) is 4.38. The Hall–Kier alpha value is -2.25. The van der Waals surface area contributed by atoms with Gasteiger partial charge in [0.1, 0.15) is 6.04 Å². The zero-order chi connectivity index (χ0) is 19.0. The van der Waals surface area contributed by atoms with E-state index in [0.29, 0.717) is 37.2 Å². The van der Waals surface area contributed by atoms with Crippen molar-refractivity contribution >= 4 is 17.7 Å². The number of fused-ring (bicyclic) bond motifs is 1. The molecule has 0 bridgehead atoms. The van der Waals surface area contributed by atoms with Crippen LogP contribution >= 0.6 is 0 Å². The second-order valence-electron chi connectivity index (χ2n) is 7.72. The van der Waals surface area contributed by atoms with Gasteiger partial charge >= 0.3 is 0 Å². The number of amides is 3. The molecule has 4 rings (SSSR count). The van der Waals surface area contributed by atoms with E-state index in [2.05, 4.69) is 22.9 Å². The fraction of sp³-hybridized carbons (Fsp3) is 0.550. The molecule has 2 fully saturated rings. The van der Waals surface area contributed by atoms with Crippen molar-refractivity contribution in [2.75, 3.05) is 6.54 Å². The van der Waals surface area contributed by atoms with E-state index in [1.165, 1.54) is 12.8 Å². The van der Waals surface area contributed by atoms with Crippen LogP contribution in [-0.4, -0.2) is 47.3 Å². The molecule has 3 N–H and O–H groups in total. The molecular formula is C20H26N4O3. The molecule has 3 heterocycles. The monoisotopic (exact) mass is 370 g/mol. The average molecular weight is 370 g/mol. The van der Waals surface area contributed by atoms with Crippen molar-refractivity contribution in [1.29, 1.82) is 0 Å². The van der Waals surface area contributed by atoms with Crippen molar-refractivity contribution in [2.24, 2.45) is 0 Å². The Kier molecular flexibility index (Phi) is 4.97. The van der Waals surface area contributed by atoms with Crippen LogP contribution in [0.15, 0.2) is 18.2 Å². The molecule has 0 radical (unpaired) electrons. The van der Waals surface area contributed by atoms with Gasteiger partial charge in [-0.25, -0.2) is 0 Å². The lowest BCUT2D eigenvalue weighted by Crippen LogP contribution is -2.52. The van der Waals surface area contributed by atoms with Crippen LogP contribution in [0.2, 0.25) is 0 Å². The zero-order valence-electron chi connectivity index (χ0n) is 15.6. The van der Waals surface area contributed by atoms with Crippen LogP contribution in [0.25, 0.3) is 0 Å². The molecular weight excluding hydrogens is 344 g/mol. The van der Waals surface area contributed by atoms with Gasteiger partial charge in [0, 0.05) is 37.2 Å². The summed E-state index contributed by atoms with van der Waals surface area (Å²) in [4.78, 5) is 38.0. The van der Waals surface area contributed by atoms with Crippen LogP contribution in [0.4, 0.5) is 0 Å². The number of nitrogens with one attached hydrogen (secondary N) is 3. The van der Waals surface area contributed by atoms with Gasteiger partial charge in [-0.15, -0.1) is 0 Å². The number of hydrogen-bond acceptors (Lipinski definition) is 5. The smallest absolute Gasteiger partial charge is 0.255 e. The first-order chi connectivity index (χ1) is 13.0. The minimum Gasteiger partial charge on any atom is -0.322 e. The summed E-state index contributed by atoms with van der Waals surface area (Å²) in [5.41, 5.74) is 2.76. The van der Waals surface area contributed by atoms with E-state index in [1.54, 1.807) is 4.90 Å². The number of rotatable bonds is 5. The summed E-state index contributed by atoms with van der Waals surface area (Å²) < 4.78 is 0. The molecule has 7 heteroatoms. The molecule has 0 saturated carbocycles. The highest BCUT2D eigenvalue weighted by Gasteiger charge is 2.39. The van der Waals surface area contributed by atoms with Gasteiger partial charge < -0.3 is 15.5 Å². The van der Waals surface area contributed by atoms with Crippen molar-refractivity contribution in [3.63, 3.8) is 0 Å². The maximum Gasteiger partial charge on any atom is 0.255 e. The Morgan fingerprint density at radius 3 is 2.85 bits per heavy atom. The SMILES string of the molecule is C[C@H](NCc1cccc2c1CN(C1CCC(=O)NC1=O)C2=O)[C@@H]1CCCN1. The minimum absolute atomic E-state index is 0.119. The third-order valence-corrected chi connectivity index (χ3v) is 6.00. The minimum atomic E-state index is -0.565. The van der Waals surface area contributed by atoms with E-state index in [-0.39, 0.29) is 24.1 Å². The van der Waals surface area contributed by atoms with Crippen LogP contribution < -0.4 is 16.0 Å². The highest BCUT2D eigenvalue weighted by molar-refractivity contribution is 6.05. The molecule has 1 unspecified atom stereocenters. The molecule has 0 aromatic heterocycles. The third-order valence-electron chi connectivity index (χ3n) is 6.00. The Morgan fingerprint density at radius 2 is 2.11 bits per heavy atom. The van der Waals surface area contributed by atoms with Gasteiger partial charge in [0.05, 0.1) is 0 Å². The van der Waals surface area contributed by atoms with Crippen LogP contribution in [0.5, 0.6) is 0 Å². The Morgan fingerprint density at radius 1 is 1.26 bits per heavy atom. The number of carbonyl (C=O) groups excluding carboxylic acids is 3. The summed E-state index contributed by atoms with van der Waals surface area (Å²) in [6.07, 6.45) is 3.06. The van der Waals surface area contributed by atoms with Crippen LogP contribution in [0.1, 0.15) is 54.1 Å². The second-order valence-corrected chi connectivity index (χ2v) is 7.72. The molecule has 2 saturated heterocycles. The van der Waals surface area contributed by atoms with Gasteiger partial charge in [-0.3, -0.25) is 19.7 Å². The van der Waals surface area contributed by atoms with Crippen molar-refractivity contribution in [3.8, 4) is 0 Å². The number of piperidine rings is 1. The van der Waals surface area contributed by atoms with Crippen molar-refractivity contribution in [2.45, 2.75) is 63.8 Å². The summed E-state index contributed by atoms with van der Waals surface area (Å²) in [7, 11) is 0. The first kappa shape index (κ1) is 18.1. The van der Waals surface area contributed by atoms with Crippen molar-refractivity contribution < 1.29 is 14.4 Å². The lowest BCUT2D eigenvalue weighted by atomic mass is 10.0. The number of carbonyl (C=O) groups is 3. The van der Waals surface area contributed by atoms with Crippen molar-refractivity contribution in [3.05, 3.63) is 34.9 Å². The first-order valence-electron chi connectivity index (χ1n) is 9.77. The standard InChI is InChI=1S/C20H26N4O3/c1-12(16-6-3-9-21-16)22-10-13-4-2-5-14-15(13)11-24(20(14)27)17-7-8-18(25)23-19(17)26/h2,4-5,12,16-17,21-22H,3,6-11H2,1H3,(H,23,25,26)/t12-,16-,17?/m0/s1. The Balaban J connectivity index is 1.47. The molecule has 1 aromatic carbocycles. The quantitative estimate of drug-likeness (QED) is 0.663. The molecule has 3 atom stereocenters. The third kappa shape index (κ3) is 3.49. The Labute approximate surface area is 158 Å². The number of imide groups is 1. The zero-order valence-corrected chi connectivity index (χ0v) is 15.6. The van der Waals surface area contributed by atoms with Gasteiger partial charge in [0.25, 0.3) is 5.91 Å². The fourth-order valence-electron chi connectivity index (χ4n) is 4.37. The van der Waals surface area contributed by atoms with E-state index in [9.17, 15) is 14.4 Å². The highest BCUT2D eigenvalue weighted by atomic mass is 16.2. The van der Waals surface area contributed by atoms with Crippen molar-refractivity contribution in [1.82, 2.24) is 20.9 Å². The van der Waals surface area contributed by atoms with Crippen LogP contribution in [0.3, 0.4) is 0 Å². The van der Waals surface area contributed by atoms with Gasteiger partial charge in [-0.2, -0.15) is 0 Å². The molecule has 0 spiro atoms. The van der Waals surface area contributed by atoms with Gasteiger partial charge in [-0.1, -0.05) is 12.1 Å². The maximum atomic E-state index is 12.9. The van der Waals surface area contributed by atoms with E-state index in [4.69, 9.17) is 0 Å². The normalized spacial score (nSPS) is 26.3. The maximum absolute atomic E-state index is 12.9. The molecule has 0 aliphatic carbocycles. The summed E-state index contributed by atoms with van der Waals surface area (Å²) in [5.74, 6) is -0.750. The Bertz CT molecular complexity index is 772. The first-order valence-corrected chi connectivity index (χ1v) is 9.77. The van der Waals surface area contributed by atoms with E-state index >= 15 is 0 Å². The van der Waals surface area contributed by atoms with Gasteiger partial charge in [0.2, 0.25) is 11.8 Å².